The molecule has 0 aliphatic heterocycles. The van der Waals surface area contributed by atoms with Gasteiger partial charge in [0, 0.05) is 27.7 Å². The Morgan fingerprint density at radius 1 is 1.15 bits per heavy atom. The number of anilines is 1. The summed E-state index contributed by atoms with van der Waals surface area (Å²) in [6, 6.07) is 12.8. The predicted octanol–water partition coefficient (Wildman–Crippen LogP) is 4.11. The monoisotopic (exact) mass is 430 g/mol. The van der Waals surface area contributed by atoms with E-state index in [9.17, 15) is 14.7 Å². The number of urea groups is 1. The van der Waals surface area contributed by atoms with Crippen molar-refractivity contribution >= 4 is 38.6 Å². The molecule has 0 aliphatic carbocycles. The maximum atomic E-state index is 12.2. The van der Waals surface area contributed by atoms with E-state index in [0.29, 0.717) is 16.8 Å². The molecule has 27 heavy (non-hydrogen) atoms. The molecule has 0 saturated heterocycles. The van der Waals surface area contributed by atoms with Gasteiger partial charge in [-0.15, -0.1) is 0 Å². The minimum Gasteiger partial charge on any atom is -0.423 e. The lowest BCUT2D eigenvalue weighted by atomic mass is 10.0. The van der Waals surface area contributed by atoms with Gasteiger partial charge in [0.2, 0.25) is 0 Å². The van der Waals surface area contributed by atoms with Crippen molar-refractivity contribution in [2.24, 2.45) is 0 Å². The van der Waals surface area contributed by atoms with Crippen LogP contribution in [0.3, 0.4) is 0 Å². The average Bonchev–Trinajstić information content (AvgIpc) is 2.61. The average molecular weight is 431 g/mol. The first kappa shape index (κ1) is 19.1. The number of aliphatic hydroxyl groups is 1. The minimum absolute atomic E-state index is 0.403. The van der Waals surface area contributed by atoms with Crippen LogP contribution in [-0.4, -0.2) is 17.2 Å². The van der Waals surface area contributed by atoms with Crippen molar-refractivity contribution in [3.05, 3.63) is 74.6 Å². The highest BCUT2D eigenvalue weighted by Gasteiger charge is 2.18. The Balaban J connectivity index is 1.69. The molecule has 3 rings (SSSR count). The van der Waals surface area contributed by atoms with E-state index in [-0.39, 0.29) is 0 Å². The number of hydrogen-bond acceptors (Lipinski definition) is 4. The largest absolute Gasteiger partial charge is 0.423 e. The molecule has 0 bridgehead atoms. The zero-order valence-corrected chi connectivity index (χ0v) is 16.4. The van der Waals surface area contributed by atoms with Gasteiger partial charge in [-0.3, -0.25) is 0 Å². The number of rotatable bonds is 4. The number of carbonyl (C=O) groups excluding carboxylic acids is 1. The third-order valence-electron chi connectivity index (χ3n) is 4.25. The van der Waals surface area contributed by atoms with Gasteiger partial charge < -0.3 is 20.2 Å². The molecule has 1 aromatic heterocycles. The summed E-state index contributed by atoms with van der Waals surface area (Å²) in [4.78, 5) is 23.8. The standard InChI is InChI=1S/C20H19BrN2O4/c1-11-9-18(24)27-17-10-15(7-8-16(11)17)23-20(26)22-12(2)19(25)13-3-5-14(21)6-4-13/h3-10,12,19,25H,1-2H3,(H2,22,23,26). The Morgan fingerprint density at radius 3 is 2.56 bits per heavy atom. The second-order valence-corrected chi connectivity index (χ2v) is 7.26. The first-order valence-electron chi connectivity index (χ1n) is 8.39. The first-order valence-corrected chi connectivity index (χ1v) is 9.18. The third-order valence-corrected chi connectivity index (χ3v) is 4.78. The summed E-state index contributed by atoms with van der Waals surface area (Å²) in [6.07, 6.45) is -0.846. The molecule has 2 amide bonds. The number of fused-ring (bicyclic) bond motifs is 1. The van der Waals surface area contributed by atoms with Crippen LogP contribution in [0.5, 0.6) is 0 Å². The quantitative estimate of drug-likeness (QED) is 0.543. The predicted molar refractivity (Wildman–Crippen MR) is 108 cm³/mol. The number of aryl methyl sites for hydroxylation is 1. The Bertz CT molecular complexity index is 1030. The fourth-order valence-electron chi connectivity index (χ4n) is 2.80. The van der Waals surface area contributed by atoms with E-state index in [0.717, 1.165) is 15.4 Å². The number of aliphatic hydroxyl groups excluding tert-OH is 1. The molecule has 0 radical (unpaired) electrons. The van der Waals surface area contributed by atoms with E-state index >= 15 is 0 Å². The Kier molecular flexibility index (Phi) is 5.62. The second-order valence-electron chi connectivity index (χ2n) is 6.34. The SMILES string of the molecule is Cc1cc(=O)oc2cc(NC(=O)NC(C)C(O)c3ccc(Br)cc3)ccc12. The molecule has 0 fully saturated rings. The Labute approximate surface area is 164 Å². The number of amides is 2. The smallest absolute Gasteiger partial charge is 0.336 e. The van der Waals surface area contributed by atoms with Gasteiger partial charge in [-0.05, 0) is 49.2 Å². The van der Waals surface area contributed by atoms with Crippen molar-refractivity contribution < 1.29 is 14.3 Å². The molecule has 1 heterocycles. The van der Waals surface area contributed by atoms with E-state index in [1.165, 1.54) is 6.07 Å². The molecule has 3 aromatic rings. The van der Waals surface area contributed by atoms with Crippen LogP contribution >= 0.6 is 15.9 Å². The summed E-state index contributed by atoms with van der Waals surface area (Å²) in [6.45, 7) is 3.54. The maximum absolute atomic E-state index is 12.2. The first-order chi connectivity index (χ1) is 12.8. The highest BCUT2D eigenvalue weighted by atomic mass is 79.9. The molecule has 0 aliphatic rings. The van der Waals surface area contributed by atoms with Gasteiger partial charge >= 0.3 is 11.7 Å². The molecular formula is C20H19BrN2O4. The van der Waals surface area contributed by atoms with E-state index < -0.39 is 23.8 Å². The zero-order valence-electron chi connectivity index (χ0n) is 14.8. The molecule has 2 atom stereocenters. The Morgan fingerprint density at radius 2 is 1.85 bits per heavy atom. The van der Waals surface area contributed by atoms with Crippen molar-refractivity contribution in [3.8, 4) is 0 Å². The molecule has 6 nitrogen and oxygen atoms in total. The van der Waals surface area contributed by atoms with Crippen LogP contribution in [0.4, 0.5) is 10.5 Å². The summed E-state index contributed by atoms with van der Waals surface area (Å²) in [5, 5.41) is 16.6. The molecule has 2 unspecified atom stereocenters. The minimum atomic E-state index is -0.846. The van der Waals surface area contributed by atoms with Crippen molar-refractivity contribution in [3.63, 3.8) is 0 Å². The fraction of sp³-hybridized carbons (Fsp3) is 0.200. The van der Waals surface area contributed by atoms with Gasteiger partial charge in [-0.25, -0.2) is 9.59 Å². The molecule has 2 aromatic carbocycles. The van der Waals surface area contributed by atoms with Gasteiger partial charge in [-0.2, -0.15) is 0 Å². The van der Waals surface area contributed by atoms with Crippen molar-refractivity contribution in [1.29, 1.82) is 0 Å². The lowest BCUT2D eigenvalue weighted by Crippen LogP contribution is -2.39. The topological polar surface area (TPSA) is 91.6 Å². The fourth-order valence-corrected chi connectivity index (χ4v) is 3.07. The number of halogens is 1. The van der Waals surface area contributed by atoms with Gasteiger partial charge in [0.05, 0.1) is 12.1 Å². The van der Waals surface area contributed by atoms with E-state index in [2.05, 4.69) is 26.6 Å². The molecular weight excluding hydrogens is 412 g/mol. The lowest BCUT2D eigenvalue weighted by molar-refractivity contribution is 0.139. The van der Waals surface area contributed by atoms with E-state index in [4.69, 9.17) is 4.42 Å². The number of benzene rings is 2. The van der Waals surface area contributed by atoms with Crippen LogP contribution in [0.15, 0.2) is 62.2 Å². The van der Waals surface area contributed by atoms with E-state index in [1.807, 2.05) is 19.1 Å². The van der Waals surface area contributed by atoms with Gasteiger partial charge in [0.15, 0.2) is 0 Å². The normalized spacial score (nSPS) is 13.2. The van der Waals surface area contributed by atoms with Crippen molar-refractivity contribution in [1.82, 2.24) is 5.32 Å². The Hall–Kier alpha value is -2.64. The van der Waals surface area contributed by atoms with Gasteiger partial charge in [0.25, 0.3) is 0 Å². The van der Waals surface area contributed by atoms with Crippen LogP contribution in [0.1, 0.15) is 24.2 Å². The van der Waals surface area contributed by atoms with E-state index in [1.54, 1.807) is 37.3 Å². The van der Waals surface area contributed by atoms with Crippen LogP contribution in [0.2, 0.25) is 0 Å². The summed E-state index contributed by atoms with van der Waals surface area (Å²) >= 11 is 3.35. The second kappa shape index (κ2) is 7.94. The van der Waals surface area contributed by atoms with Gasteiger partial charge in [-0.1, -0.05) is 28.1 Å². The van der Waals surface area contributed by atoms with Crippen LogP contribution in [0.25, 0.3) is 11.0 Å². The summed E-state index contributed by atoms with van der Waals surface area (Å²) < 4.78 is 6.09. The van der Waals surface area contributed by atoms with Crippen molar-refractivity contribution in [2.75, 3.05) is 5.32 Å². The number of carbonyl (C=O) groups is 1. The van der Waals surface area contributed by atoms with Crippen LogP contribution < -0.4 is 16.3 Å². The molecule has 0 spiro atoms. The number of hydrogen-bond donors (Lipinski definition) is 3. The van der Waals surface area contributed by atoms with Crippen LogP contribution in [0, 0.1) is 6.92 Å². The summed E-state index contributed by atoms with van der Waals surface area (Å²) in [7, 11) is 0. The summed E-state index contributed by atoms with van der Waals surface area (Å²) in [5.41, 5.74) is 1.96. The highest BCUT2D eigenvalue weighted by Crippen LogP contribution is 2.22. The molecule has 7 heteroatoms. The zero-order chi connectivity index (χ0) is 19.6. The van der Waals surface area contributed by atoms with Gasteiger partial charge in [0.1, 0.15) is 5.58 Å². The van der Waals surface area contributed by atoms with Crippen molar-refractivity contribution in [2.45, 2.75) is 26.0 Å². The third kappa shape index (κ3) is 4.56. The van der Waals surface area contributed by atoms with Crippen LogP contribution in [-0.2, 0) is 0 Å². The molecule has 3 N–H and O–H groups in total. The summed E-state index contributed by atoms with van der Waals surface area (Å²) in [5.74, 6) is 0. The number of nitrogens with one attached hydrogen (secondary N) is 2. The highest BCUT2D eigenvalue weighted by molar-refractivity contribution is 9.10. The maximum Gasteiger partial charge on any atom is 0.336 e. The molecule has 0 saturated carbocycles. The lowest BCUT2D eigenvalue weighted by Gasteiger charge is -2.21. The molecule has 140 valence electrons.